The van der Waals surface area contributed by atoms with Crippen LogP contribution in [0.2, 0.25) is 0 Å². The first-order valence-electron chi connectivity index (χ1n) is 10.4. The third-order valence-corrected chi connectivity index (χ3v) is 6.19. The molecule has 0 aliphatic carbocycles. The van der Waals surface area contributed by atoms with Gasteiger partial charge in [0.25, 0.3) is 5.91 Å². The minimum Gasteiger partial charge on any atom is -0.490 e. The van der Waals surface area contributed by atoms with E-state index in [9.17, 15) is 4.79 Å². The normalized spacial score (nSPS) is 12.8. The lowest BCUT2D eigenvalue weighted by Gasteiger charge is -2.31. The van der Waals surface area contributed by atoms with E-state index in [1.165, 1.54) is 4.90 Å². The lowest BCUT2D eigenvalue weighted by molar-refractivity contribution is 0.0950. The molecule has 5 rings (SSSR count). The summed E-state index contributed by atoms with van der Waals surface area (Å²) < 4.78 is 5.89. The Labute approximate surface area is 190 Å². The number of hydrogen-bond donors (Lipinski definition) is 1. The maximum absolute atomic E-state index is 12.7. The van der Waals surface area contributed by atoms with Crippen molar-refractivity contribution in [3.63, 3.8) is 0 Å². The molecular weight excluding hydrogens is 420 g/mol. The van der Waals surface area contributed by atoms with Gasteiger partial charge in [-0.05, 0) is 60.4 Å². The summed E-state index contributed by atoms with van der Waals surface area (Å²) in [6.45, 7) is 1.72. The summed E-state index contributed by atoms with van der Waals surface area (Å²) in [5.41, 5.74) is 4.26. The zero-order chi connectivity index (χ0) is 21.9. The Morgan fingerprint density at radius 3 is 2.84 bits per heavy atom. The molecule has 2 aromatic carbocycles. The van der Waals surface area contributed by atoms with Gasteiger partial charge >= 0.3 is 0 Å². The number of amides is 1. The first-order chi connectivity index (χ1) is 15.7. The van der Waals surface area contributed by atoms with E-state index in [1.54, 1.807) is 18.0 Å². The van der Waals surface area contributed by atoms with Gasteiger partial charge in [0, 0.05) is 28.6 Å². The molecule has 0 spiro atoms. The molecule has 1 amide bonds. The number of aromatic nitrogens is 2. The van der Waals surface area contributed by atoms with Crippen molar-refractivity contribution in [2.75, 3.05) is 24.3 Å². The number of hydrogen-bond acceptors (Lipinski definition) is 6. The molecule has 6 nitrogen and oxygen atoms in total. The Balaban J connectivity index is 1.34. The van der Waals surface area contributed by atoms with Crippen LogP contribution in [0.25, 0.3) is 11.0 Å². The van der Waals surface area contributed by atoms with Gasteiger partial charge in [-0.1, -0.05) is 12.1 Å². The standard InChI is InChI=1S/C25H22N4O2S/c1-32-21-7-4-17(5-8-21)15-28-25(30)19-6-9-22-23(14-19)31-12-11-29(22)20-13-18-3-2-10-26-24(18)27-16-20/h2-10,13-14,16H,11-12,15H2,1H3,(H,28,30). The number of pyridine rings is 2. The van der Waals surface area contributed by atoms with Crippen LogP contribution < -0.4 is 15.0 Å². The summed E-state index contributed by atoms with van der Waals surface area (Å²) in [6.07, 6.45) is 5.61. The van der Waals surface area contributed by atoms with E-state index in [0.717, 1.165) is 28.0 Å². The molecule has 2 aromatic heterocycles. The van der Waals surface area contributed by atoms with E-state index < -0.39 is 0 Å². The molecule has 0 saturated heterocycles. The quantitative estimate of drug-likeness (QED) is 0.447. The van der Waals surface area contributed by atoms with Crippen molar-refractivity contribution in [2.24, 2.45) is 0 Å². The Kier molecular flexibility index (Phi) is 5.64. The van der Waals surface area contributed by atoms with Gasteiger partial charge < -0.3 is 15.0 Å². The minimum atomic E-state index is -0.124. The molecule has 3 heterocycles. The van der Waals surface area contributed by atoms with Crippen molar-refractivity contribution in [3.05, 3.63) is 84.2 Å². The fraction of sp³-hybridized carbons (Fsp3) is 0.160. The maximum Gasteiger partial charge on any atom is 0.251 e. The lowest BCUT2D eigenvalue weighted by atomic mass is 10.1. The largest absolute Gasteiger partial charge is 0.490 e. The minimum absolute atomic E-state index is 0.124. The summed E-state index contributed by atoms with van der Waals surface area (Å²) in [5.74, 6) is 0.570. The monoisotopic (exact) mass is 442 g/mol. The second kappa shape index (κ2) is 8.88. The number of nitrogens with zero attached hydrogens (tertiary/aromatic N) is 3. The molecule has 0 atom stereocenters. The van der Waals surface area contributed by atoms with Crippen LogP contribution in [0.4, 0.5) is 11.4 Å². The topological polar surface area (TPSA) is 67.3 Å². The molecule has 0 fully saturated rings. The third kappa shape index (κ3) is 4.11. The van der Waals surface area contributed by atoms with E-state index in [2.05, 4.69) is 38.4 Å². The van der Waals surface area contributed by atoms with Crippen molar-refractivity contribution >= 4 is 40.1 Å². The number of rotatable bonds is 5. The van der Waals surface area contributed by atoms with Gasteiger partial charge in [0.1, 0.15) is 12.4 Å². The number of carbonyl (C=O) groups excluding carboxylic acids is 1. The summed E-state index contributed by atoms with van der Waals surface area (Å²) in [4.78, 5) is 24.9. The van der Waals surface area contributed by atoms with Crippen molar-refractivity contribution < 1.29 is 9.53 Å². The highest BCUT2D eigenvalue weighted by Crippen LogP contribution is 2.37. The van der Waals surface area contributed by atoms with Crippen LogP contribution in [-0.2, 0) is 6.54 Å². The number of nitrogens with one attached hydrogen (secondary N) is 1. The highest BCUT2D eigenvalue weighted by atomic mass is 32.2. The number of benzene rings is 2. The highest BCUT2D eigenvalue weighted by molar-refractivity contribution is 7.98. The molecule has 0 unspecified atom stereocenters. The van der Waals surface area contributed by atoms with Gasteiger partial charge in [0.2, 0.25) is 0 Å². The van der Waals surface area contributed by atoms with Gasteiger partial charge in [-0.15, -0.1) is 11.8 Å². The summed E-state index contributed by atoms with van der Waals surface area (Å²) in [6, 6.07) is 19.8. The number of thioether (sulfide) groups is 1. The molecule has 7 heteroatoms. The molecule has 4 aromatic rings. The van der Waals surface area contributed by atoms with Gasteiger partial charge in [-0.3, -0.25) is 4.79 Å². The Morgan fingerprint density at radius 2 is 2.00 bits per heavy atom. The van der Waals surface area contributed by atoms with Crippen molar-refractivity contribution in [1.82, 2.24) is 15.3 Å². The van der Waals surface area contributed by atoms with Crippen molar-refractivity contribution in [1.29, 1.82) is 0 Å². The molecule has 1 aliphatic heterocycles. The lowest BCUT2D eigenvalue weighted by Crippen LogP contribution is -2.29. The predicted molar refractivity (Wildman–Crippen MR) is 128 cm³/mol. The SMILES string of the molecule is CSc1ccc(CNC(=O)c2ccc3c(c2)OCCN3c2cnc3ncccc3c2)cc1. The average molecular weight is 443 g/mol. The molecule has 0 saturated carbocycles. The molecule has 0 bridgehead atoms. The zero-order valence-corrected chi connectivity index (χ0v) is 18.4. The molecule has 32 heavy (non-hydrogen) atoms. The van der Waals surface area contributed by atoms with Crippen molar-refractivity contribution in [3.8, 4) is 5.75 Å². The van der Waals surface area contributed by atoms with Gasteiger partial charge in [-0.25, -0.2) is 9.97 Å². The first-order valence-corrected chi connectivity index (χ1v) is 11.6. The van der Waals surface area contributed by atoms with E-state index in [-0.39, 0.29) is 5.91 Å². The summed E-state index contributed by atoms with van der Waals surface area (Å²) >= 11 is 1.70. The summed E-state index contributed by atoms with van der Waals surface area (Å²) in [7, 11) is 0. The molecule has 0 radical (unpaired) electrons. The second-order valence-corrected chi connectivity index (χ2v) is 8.34. The van der Waals surface area contributed by atoms with Crippen LogP contribution >= 0.6 is 11.8 Å². The van der Waals surface area contributed by atoms with Crippen LogP contribution in [0, 0.1) is 0 Å². The molecule has 1 aliphatic rings. The Bertz CT molecular complexity index is 1280. The van der Waals surface area contributed by atoms with E-state index >= 15 is 0 Å². The number of fused-ring (bicyclic) bond motifs is 2. The van der Waals surface area contributed by atoms with Crippen LogP contribution in [-0.4, -0.2) is 35.3 Å². The van der Waals surface area contributed by atoms with E-state index in [1.807, 2.05) is 54.9 Å². The van der Waals surface area contributed by atoms with Crippen LogP contribution in [0.15, 0.2) is 78.0 Å². The number of carbonyl (C=O) groups is 1. The van der Waals surface area contributed by atoms with Gasteiger partial charge in [0.05, 0.1) is 24.1 Å². The van der Waals surface area contributed by atoms with E-state index in [4.69, 9.17) is 4.74 Å². The van der Waals surface area contributed by atoms with Crippen LogP contribution in [0.1, 0.15) is 15.9 Å². The molecule has 1 N–H and O–H groups in total. The van der Waals surface area contributed by atoms with Crippen LogP contribution in [0.3, 0.4) is 0 Å². The zero-order valence-electron chi connectivity index (χ0n) is 17.6. The van der Waals surface area contributed by atoms with E-state index in [0.29, 0.717) is 31.0 Å². The second-order valence-electron chi connectivity index (χ2n) is 7.46. The fourth-order valence-corrected chi connectivity index (χ4v) is 4.17. The molecule has 160 valence electrons. The first kappa shape index (κ1) is 20.3. The van der Waals surface area contributed by atoms with Crippen LogP contribution in [0.5, 0.6) is 5.75 Å². The highest BCUT2D eigenvalue weighted by Gasteiger charge is 2.21. The smallest absolute Gasteiger partial charge is 0.251 e. The maximum atomic E-state index is 12.7. The number of ether oxygens (including phenoxy) is 1. The van der Waals surface area contributed by atoms with Gasteiger partial charge in [-0.2, -0.15) is 0 Å². The number of anilines is 2. The average Bonchev–Trinajstić information content (AvgIpc) is 2.86. The van der Waals surface area contributed by atoms with Gasteiger partial charge in [0.15, 0.2) is 5.65 Å². The fourth-order valence-electron chi connectivity index (χ4n) is 3.76. The third-order valence-electron chi connectivity index (χ3n) is 5.45. The van der Waals surface area contributed by atoms with Crippen molar-refractivity contribution in [2.45, 2.75) is 11.4 Å². The summed E-state index contributed by atoms with van der Waals surface area (Å²) in [5, 5.41) is 3.98. The molecular formula is C25H22N4O2S. The Hall–Kier alpha value is -3.58. The predicted octanol–water partition coefficient (Wildman–Crippen LogP) is 4.81. The Morgan fingerprint density at radius 1 is 1.12 bits per heavy atom.